The molecular formula is C23H23F3N6O3. The second kappa shape index (κ2) is 9.72. The maximum Gasteiger partial charge on any atom is 0.416 e. The van der Waals surface area contributed by atoms with Crippen molar-refractivity contribution in [3.8, 4) is 11.1 Å². The Morgan fingerprint density at radius 2 is 1.97 bits per heavy atom. The Bertz CT molecular complexity index is 1350. The topological polar surface area (TPSA) is 127 Å². The fraction of sp³-hybridized carbons (Fsp3) is 0.348. The van der Waals surface area contributed by atoms with Gasteiger partial charge in [-0.2, -0.15) is 13.2 Å². The van der Waals surface area contributed by atoms with Crippen LogP contribution in [0.5, 0.6) is 0 Å². The van der Waals surface area contributed by atoms with Gasteiger partial charge in [0.15, 0.2) is 0 Å². The summed E-state index contributed by atoms with van der Waals surface area (Å²) in [6.07, 6.45) is -1.14. The molecule has 0 unspecified atom stereocenters. The molecule has 3 aromatic rings. The number of alkyl halides is 3. The summed E-state index contributed by atoms with van der Waals surface area (Å²) in [6, 6.07) is 6.53. The van der Waals surface area contributed by atoms with Crippen molar-refractivity contribution < 1.29 is 18.0 Å². The number of amides is 1. The summed E-state index contributed by atoms with van der Waals surface area (Å²) < 4.78 is 41.0. The van der Waals surface area contributed by atoms with Gasteiger partial charge in [-0.3, -0.25) is 19.5 Å². The highest BCUT2D eigenvalue weighted by Crippen LogP contribution is 2.38. The van der Waals surface area contributed by atoms with Crippen LogP contribution in [0, 0.1) is 0 Å². The van der Waals surface area contributed by atoms with Crippen molar-refractivity contribution in [2.75, 3.05) is 12.3 Å². The van der Waals surface area contributed by atoms with E-state index in [1.165, 1.54) is 18.3 Å². The quantitative estimate of drug-likeness (QED) is 0.569. The van der Waals surface area contributed by atoms with Gasteiger partial charge in [-0.1, -0.05) is 12.1 Å². The van der Waals surface area contributed by atoms with Gasteiger partial charge in [0.2, 0.25) is 11.9 Å². The molecule has 0 radical (unpaired) electrons. The maximum absolute atomic E-state index is 13.3. The third-order valence-corrected chi connectivity index (χ3v) is 5.91. The molecule has 2 aromatic heterocycles. The Morgan fingerprint density at radius 1 is 1.17 bits per heavy atom. The maximum atomic E-state index is 13.3. The van der Waals surface area contributed by atoms with Crippen LogP contribution >= 0.6 is 0 Å². The zero-order valence-corrected chi connectivity index (χ0v) is 18.6. The van der Waals surface area contributed by atoms with Crippen LogP contribution in [-0.2, 0) is 17.5 Å². The van der Waals surface area contributed by atoms with Crippen LogP contribution in [-0.4, -0.2) is 37.1 Å². The monoisotopic (exact) mass is 488 g/mol. The number of likely N-dealkylation sites (tertiary alicyclic amines) is 1. The Labute approximate surface area is 197 Å². The lowest BCUT2D eigenvalue weighted by Crippen LogP contribution is -2.40. The summed E-state index contributed by atoms with van der Waals surface area (Å²) in [5, 5.41) is 2.38. The Morgan fingerprint density at radius 3 is 2.74 bits per heavy atom. The Kier molecular flexibility index (Phi) is 6.72. The number of anilines is 1. The smallest absolute Gasteiger partial charge is 0.368 e. The average Bonchev–Trinajstić information content (AvgIpc) is 2.84. The number of carbonyl (C=O) groups excluding carboxylic acids is 1. The summed E-state index contributed by atoms with van der Waals surface area (Å²) in [5.74, 6) is -0.333. The lowest BCUT2D eigenvalue weighted by Gasteiger charge is -2.36. The number of carbonyl (C=O) groups is 1. The molecule has 4 rings (SSSR count). The number of halogens is 3. The van der Waals surface area contributed by atoms with Crippen LogP contribution < -0.4 is 16.9 Å². The molecule has 1 saturated heterocycles. The molecule has 35 heavy (non-hydrogen) atoms. The number of nitrogens with one attached hydrogen (secondary N) is 1. The molecule has 1 fully saturated rings. The number of hydrogen-bond acceptors (Lipinski definition) is 6. The molecule has 3 heterocycles. The van der Waals surface area contributed by atoms with Crippen molar-refractivity contribution in [2.45, 2.75) is 44.4 Å². The number of aryl methyl sites for hydroxylation is 1. The van der Waals surface area contributed by atoms with Gasteiger partial charge in [0.25, 0.3) is 11.1 Å². The third-order valence-electron chi connectivity index (χ3n) is 5.91. The number of rotatable bonds is 5. The summed E-state index contributed by atoms with van der Waals surface area (Å²) in [6.45, 7) is 0.388. The van der Waals surface area contributed by atoms with E-state index < -0.39 is 28.9 Å². The fourth-order valence-corrected chi connectivity index (χ4v) is 4.24. The molecule has 1 aliphatic rings. The van der Waals surface area contributed by atoms with E-state index >= 15 is 0 Å². The number of piperidine rings is 1. The van der Waals surface area contributed by atoms with Crippen molar-refractivity contribution in [2.24, 2.45) is 0 Å². The molecule has 1 aliphatic heterocycles. The van der Waals surface area contributed by atoms with E-state index in [-0.39, 0.29) is 30.4 Å². The molecule has 0 saturated carbocycles. The van der Waals surface area contributed by atoms with Crippen molar-refractivity contribution in [3.05, 3.63) is 74.6 Å². The highest BCUT2D eigenvalue weighted by atomic mass is 19.4. The first kappa shape index (κ1) is 24.2. The highest BCUT2D eigenvalue weighted by Gasteiger charge is 2.33. The van der Waals surface area contributed by atoms with Crippen LogP contribution in [0.2, 0.25) is 0 Å². The highest BCUT2D eigenvalue weighted by molar-refractivity contribution is 5.77. The van der Waals surface area contributed by atoms with Crippen molar-refractivity contribution in [3.63, 3.8) is 0 Å². The minimum absolute atomic E-state index is 0.0244. The van der Waals surface area contributed by atoms with E-state index in [2.05, 4.69) is 15.1 Å². The molecular weight excluding hydrogens is 465 g/mol. The average molecular weight is 488 g/mol. The molecule has 9 nitrogen and oxygen atoms in total. The lowest BCUT2D eigenvalue weighted by molar-refractivity contribution is -0.137. The van der Waals surface area contributed by atoms with Gasteiger partial charge in [-0.15, -0.1) is 0 Å². The zero-order chi connectivity index (χ0) is 25.2. The van der Waals surface area contributed by atoms with Gasteiger partial charge in [-0.25, -0.2) is 14.6 Å². The van der Waals surface area contributed by atoms with E-state index in [1.807, 2.05) is 0 Å². The standard InChI is InChI=1S/C23H23F3N6O3/c24-23(25,26)15-5-3-4-14(12-15)16-13-28-22(27)29-21(16)17-6-1-2-10-31(17)19(34)9-11-32-20(35)8-7-18(33)30-32/h3-5,7-8,12-13,17H,1-2,6,9-11H2,(H,30,33)(H2,27,28,29)/t17-/m1/s1. The summed E-state index contributed by atoms with van der Waals surface area (Å²) in [7, 11) is 0. The first-order valence-electron chi connectivity index (χ1n) is 11.0. The first-order chi connectivity index (χ1) is 16.6. The van der Waals surface area contributed by atoms with E-state index in [4.69, 9.17) is 5.73 Å². The number of nitrogens with zero attached hydrogens (tertiary/aromatic N) is 4. The SMILES string of the molecule is Nc1ncc(-c2cccc(C(F)(F)F)c2)c([C@H]2CCCCN2C(=O)CCn2[nH]c(=O)ccc2=O)n1. The number of aromatic amines is 1. The van der Waals surface area contributed by atoms with E-state index in [0.717, 1.165) is 41.8 Å². The Hall–Kier alpha value is -3.96. The zero-order valence-electron chi connectivity index (χ0n) is 18.6. The van der Waals surface area contributed by atoms with Crippen molar-refractivity contribution in [1.29, 1.82) is 0 Å². The summed E-state index contributed by atoms with van der Waals surface area (Å²) in [4.78, 5) is 46.5. The lowest BCUT2D eigenvalue weighted by atomic mass is 9.93. The Balaban J connectivity index is 1.66. The predicted octanol–water partition coefficient (Wildman–Crippen LogP) is 2.74. The molecule has 1 aromatic carbocycles. The largest absolute Gasteiger partial charge is 0.416 e. The molecule has 1 amide bonds. The van der Waals surface area contributed by atoms with E-state index in [9.17, 15) is 27.6 Å². The van der Waals surface area contributed by atoms with Gasteiger partial charge in [0.05, 0.1) is 23.8 Å². The van der Waals surface area contributed by atoms with E-state index in [1.54, 1.807) is 4.90 Å². The summed E-state index contributed by atoms with van der Waals surface area (Å²) in [5.41, 5.74) is 5.10. The summed E-state index contributed by atoms with van der Waals surface area (Å²) >= 11 is 0. The van der Waals surface area contributed by atoms with Gasteiger partial charge in [0, 0.05) is 36.9 Å². The number of benzene rings is 1. The second-order valence-electron chi connectivity index (χ2n) is 8.25. The van der Waals surface area contributed by atoms with Crippen LogP contribution in [0.25, 0.3) is 11.1 Å². The van der Waals surface area contributed by atoms with Crippen molar-refractivity contribution >= 4 is 11.9 Å². The normalized spacial score (nSPS) is 16.3. The third kappa shape index (κ3) is 5.42. The first-order valence-corrected chi connectivity index (χ1v) is 11.0. The number of aromatic nitrogens is 4. The van der Waals surface area contributed by atoms with Gasteiger partial charge in [-0.05, 0) is 37.0 Å². The number of H-pyrrole nitrogens is 1. The van der Waals surface area contributed by atoms with Gasteiger partial charge >= 0.3 is 6.18 Å². The molecule has 0 bridgehead atoms. The number of nitrogen functional groups attached to an aromatic ring is 1. The fourth-order valence-electron chi connectivity index (χ4n) is 4.24. The van der Waals surface area contributed by atoms with Gasteiger partial charge in [0.1, 0.15) is 0 Å². The van der Waals surface area contributed by atoms with Crippen LogP contribution in [0.15, 0.2) is 52.2 Å². The molecule has 1 atom stereocenters. The number of hydrogen-bond donors (Lipinski definition) is 2. The molecule has 3 N–H and O–H groups in total. The second-order valence-corrected chi connectivity index (χ2v) is 8.25. The molecule has 0 aliphatic carbocycles. The van der Waals surface area contributed by atoms with Gasteiger partial charge < -0.3 is 10.6 Å². The number of nitrogens with two attached hydrogens (primary N) is 1. The van der Waals surface area contributed by atoms with Crippen LogP contribution in [0.4, 0.5) is 19.1 Å². The van der Waals surface area contributed by atoms with Crippen LogP contribution in [0.3, 0.4) is 0 Å². The van der Waals surface area contributed by atoms with Crippen LogP contribution in [0.1, 0.15) is 43.0 Å². The minimum atomic E-state index is -4.52. The predicted molar refractivity (Wildman–Crippen MR) is 121 cm³/mol. The minimum Gasteiger partial charge on any atom is -0.368 e. The molecule has 184 valence electrons. The van der Waals surface area contributed by atoms with E-state index in [0.29, 0.717) is 24.2 Å². The van der Waals surface area contributed by atoms with Crippen molar-refractivity contribution in [1.82, 2.24) is 24.6 Å². The molecule has 12 heteroatoms. The molecule has 0 spiro atoms.